The molecule has 0 bridgehead atoms. The van der Waals surface area contributed by atoms with Gasteiger partial charge in [-0.15, -0.1) is 11.5 Å². The van der Waals surface area contributed by atoms with E-state index in [9.17, 15) is 10.2 Å². The second-order valence-electron chi connectivity index (χ2n) is 3.91. The van der Waals surface area contributed by atoms with E-state index in [0.717, 1.165) is 25.0 Å². The Morgan fingerprint density at radius 3 is 1.33 bits per heavy atom. The molecule has 0 rings (SSSR count). The molecule has 0 aromatic heterocycles. The fourth-order valence-corrected chi connectivity index (χ4v) is 1.26. The van der Waals surface area contributed by atoms with Gasteiger partial charge in [0.15, 0.2) is 0 Å². The van der Waals surface area contributed by atoms with Gasteiger partial charge in [-0.05, 0) is 20.3 Å². The van der Waals surface area contributed by atoms with Gasteiger partial charge in [-0.25, -0.2) is 0 Å². The van der Waals surface area contributed by atoms with Crippen LogP contribution in [0.2, 0.25) is 0 Å². The monoisotopic (exact) mass is 470 g/mol. The second kappa shape index (κ2) is 19.0. The molecule has 0 unspecified atom stereocenters. The van der Waals surface area contributed by atoms with Gasteiger partial charge in [0.05, 0.1) is 0 Å². The topological polar surface area (TPSA) is 122 Å². The Morgan fingerprint density at radius 2 is 1.10 bits per heavy atom. The summed E-state index contributed by atoms with van der Waals surface area (Å²) in [6.07, 6.45) is 3.84. The Labute approximate surface area is 141 Å². The summed E-state index contributed by atoms with van der Waals surface area (Å²) in [5.74, 6) is 0.0207. The summed E-state index contributed by atoms with van der Waals surface area (Å²) >= 11 is 0. The number of aliphatic imine (C=N–C) groups is 2. The molecule has 21 heavy (non-hydrogen) atoms. The van der Waals surface area contributed by atoms with Crippen LogP contribution in [0, 0.1) is 0 Å². The van der Waals surface area contributed by atoms with Crippen molar-refractivity contribution in [1.29, 1.82) is 0 Å². The summed E-state index contributed by atoms with van der Waals surface area (Å²) in [5.41, 5.74) is 1.49. The second-order valence-corrected chi connectivity index (χ2v) is 3.91. The molecule has 0 aromatic carbocycles. The third kappa shape index (κ3) is 24.4. The molecule has 0 aliphatic carbocycles. The van der Waals surface area contributed by atoms with Crippen LogP contribution in [0.3, 0.4) is 0 Å². The molecule has 0 N–H and O–H groups in total. The van der Waals surface area contributed by atoms with E-state index >= 15 is 0 Å². The fourth-order valence-electron chi connectivity index (χ4n) is 1.26. The van der Waals surface area contributed by atoms with Crippen LogP contribution in [0.4, 0.5) is 0 Å². The minimum absolute atomic E-state index is 0. The van der Waals surface area contributed by atoms with Crippen LogP contribution in [0.15, 0.2) is 33.7 Å². The molecule has 7 heteroatoms. The fraction of sp³-hybridized carbons (Fsp3) is 0.571. The SMILES string of the molecule is CC(/C=C(/C)[O-])=NCCCN=C(C)/C=C(/C)[O-].C[O-].[O-2].[Re]. The molecule has 0 heterocycles. The molecule has 0 saturated carbocycles. The van der Waals surface area contributed by atoms with Gasteiger partial charge < -0.3 is 20.8 Å². The zero-order valence-electron chi connectivity index (χ0n) is 13.2. The summed E-state index contributed by atoms with van der Waals surface area (Å²) in [6.45, 7) is 7.91. The number of hydrogen-bond acceptors (Lipinski definition) is 5. The zero-order chi connectivity index (χ0) is 15.3. The van der Waals surface area contributed by atoms with Gasteiger partial charge in [-0.1, -0.05) is 26.0 Å². The van der Waals surface area contributed by atoms with E-state index in [2.05, 4.69) is 9.98 Å². The maximum atomic E-state index is 10.7. The van der Waals surface area contributed by atoms with Crippen molar-refractivity contribution in [3.8, 4) is 0 Å². The average Bonchev–Trinajstić information content (AvgIpc) is 2.29. The third-order valence-corrected chi connectivity index (χ3v) is 1.86. The first-order valence-corrected chi connectivity index (χ1v) is 6.05. The molecule has 0 amide bonds. The van der Waals surface area contributed by atoms with E-state index in [1.807, 2.05) is 0 Å². The Hall–Kier alpha value is -0.998. The summed E-state index contributed by atoms with van der Waals surface area (Å²) in [6, 6.07) is 0. The van der Waals surface area contributed by atoms with Crippen LogP contribution in [-0.2, 0) is 25.9 Å². The molecule has 0 atom stereocenters. The molecule has 0 aliphatic rings. The first kappa shape index (κ1) is 28.2. The number of nitrogens with zero attached hydrogens (tertiary/aromatic N) is 2. The van der Waals surface area contributed by atoms with Crippen molar-refractivity contribution in [2.45, 2.75) is 34.1 Å². The zero-order valence-corrected chi connectivity index (χ0v) is 15.9. The minimum atomic E-state index is 0. The number of hydrogen-bond donors (Lipinski definition) is 0. The van der Waals surface area contributed by atoms with Crippen molar-refractivity contribution in [2.24, 2.45) is 9.98 Å². The van der Waals surface area contributed by atoms with Crippen molar-refractivity contribution in [1.82, 2.24) is 0 Å². The van der Waals surface area contributed by atoms with Gasteiger partial charge in [-0.2, -0.15) is 7.11 Å². The van der Waals surface area contributed by atoms with E-state index in [0.29, 0.717) is 13.1 Å². The van der Waals surface area contributed by atoms with Crippen LogP contribution in [0.5, 0.6) is 0 Å². The predicted molar refractivity (Wildman–Crippen MR) is 74.7 cm³/mol. The van der Waals surface area contributed by atoms with E-state index < -0.39 is 0 Å². The van der Waals surface area contributed by atoms with Gasteiger partial charge in [0.1, 0.15) is 0 Å². The molecule has 0 spiro atoms. The van der Waals surface area contributed by atoms with Crippen molar-refractivity contribution in [3.63, 3.8) is 0 Å². The van der Waals surface area contributed by atoms with E-state index in [1.54, 1.807) is 13.8 Å². The smallest absolute Gasteiger partial charge is 0.0410 e. The number of allylic oxidation sites excluding steroid dienone is 4. The van der Waals surface area contributed by atoms with Crippen molar-refractivity contribution in [3.05, 3.63) is 23.7 Å². The molecule has 0 fully saturated rings. The summed E-state index contributed by atoms with van der Waals surface area (Å²) < 4.78 is 0. The van der Waals surface area contributed by atoms with Gasteiger partial charge in [0, 0.05) is 44.9 Å². The average molecular weight is 470 g/mol. The van der Waals surface area contributed by atoms with Crippen LogP contribution in [0.1, 0.15) is 34.1 Å². The van der Waals surface area contributed by atoms with Crippen LogP contribution in [-0.4, -0.2) is 31.6 Å². The van der Waals surface area contributed by atoms with E-state index in [-0.39, 0.29) is 37.4 Å². The molecular weight excluding hydrogens is 446 g/mol. The first-order chi connectivity index (χ1) is 8.91. The van der Waals surface area contributed by atoms with Crippen LogP contribution >= 0.6 is 0 Å². The minimum Gasteiger partial charge on any atom is -2.00 e. The maximum Gasteiger partial charge on any atom is 0.0410 e. The Balaban J connectivity index is -0.000000344. The van der Waals surface area contributed by atoms with E-state index in [1.165, 1.54) is 26.0 Å². The summed E-state index contributed by atoms with van der Waals surface area (Å²) in [5, 5.41) is 29.7. The Morgan fingerprint density at radius 1 is 0.810 bits per heavy atom. The Bertz CT molecular complexity index is 322. The van der Waals surface area contributed by atoms with Crippen LogP contribution in [0.25, 0.3) is 0 Å². The quantitative estimate of drug-likeness (QED) is 0.301. The van der Waals surface area contributed by atoms with Crippen LogP contribution < -0.4 is 15.3 Å². The Kier molecular flexibility index (Phi) is 25.5. The van der Waals surface area contributed by atoms with Crippen molar-refractivity contribution in [2.75, 3.05) is 20.2 Å². The third-order valence-electron chi connectivity index (χ3n) is 1.86. The maximum absolute atomic E-state index is 10.7. The molecule has 0 saturated heterocycles. The van der Waals surface area contributed by atoms with Crippen molar-refractivity contribution >= 4 is 11.4 Å². The van der Waals surface area contributed by atoms with Gasteiger partial charge in [0.25, 0.3) is 0 Å². The number of rotatable bonds is 6. The van der Waals surface area contributed by atoms with Gasteiger partial charge >= 0.3 is 0 Å². The first-order valence-electron chi connectivity index (χ1n) is 6.05. The summed E-state index contributed by atoms with van der Waals surface area (Å²) in [7, 11) is 0.750. The standard InChI is InChI=1S/C13H22N2O2.CH3O.O.Re/c1-10(8-12(3)16)14-6-5-7-15-11(2)9-13(4)17;1-2;;/h8-9,16-17H,5-7H2,1-4H3;1H3;;/q;-1;-2;/p-2/b12-8-,13-9-,14-10?,15-11?;;;. The van der Waals surface area contributed by atoms with Gasteiger partial charge in [-0.3, -0.25) is 9.98 Å². The molecule has 0 aliphatic heterocycles. The van der Waals surface area contributed by atoms with Crippen molar-refractivity contribution < 1.29 is 41.2 Å². The summed E-state index contributed by atoms with van der Waals surface area (Å²) in [4.78, 5) is 8.43. The normalized spacial score (nSPS) is 12.7. The molecular formula is C14H23N2O4Re-5. The predicted octanol–water partition coefficient (Wildman–Crippen LogP) is -0.318. The molecule has 0 aromatic rings. The van der Waals surface area contributed by atoms with Gasteiger partial charge in [0.2, 0.25) is 0 Å². The molecule has 125 valence electrons. The largest absolute Gasteiger partial charge is 2.00 e. The molecule has 6 nitrogen and oxygen atoms in total. The molecule has 1 radical (unpaired) electrons. The van der Waals surface area contributed by atoms with E-state index in [4.69, 9.17) is 5.11 Å².